The van der Waals surface area contributed by atoms with E-state index in [1.807, 2.05) is 0 Å². The Hall–Kier alpha value is -2.90. The molecule has 1 aromatic heterocycles. The smallest absolute Gasteiger partial charge is 0.335 e. The van der Waals surface area contributed by atoms with Gasteiger partial charge < -0.3 is 20.3 Å². The molecule has 1 heterocycles. The lowest BCUT2D eigenvalue weighted by molar-refractivity contribution is 0.0695. The number of carbonyl (C=O) groups excluding carboxylic acids is 1. The van der Waals surface area contributed by atoms with Crippen molar-refractivity contribution in [1.82, 2.24) is 20.8 Å². The molecule has 21 heavy (non-hydrogen) atoms. The average molecular weight is 290 g/mol. The van der Waals surface area contributed by atoms with Crippen molar-refractivity contribution >= 4 is 12.0 Å². The highest BCUT2D eigenvalue weighted by atomic mass is 16.5. The van der Waals surface area contributed by atoms with Gasteiger partial charge in [-0.15, -0.1) is 0 Å². The maximum absolute atomic E-state index is 11.5. The molecule has 0 radical (unpaired) electrons. The van der Waals surface area contributed by atoms with Crippen LogP contribution in [-0.2, 0) is 13.0 Å². The highest BCUT2D eigenvalue weighted by molar-refractivity contribution is 5.89. The van der Waals surface area contributed by atoms with Crippen LogP contribution in [0.5, 0.6) is 0 Å². The summed E-state index contributed by atoms with van der Waals surface area (Å²) < 4.78 is 4.53. The van der Waals surface area contributed by atoms with Crippen molar-refractivity contribution in [3.63, 3.8) is 0 Å². The van der Waals surface area contributed by atoms with E-state index >= 15 is 0 Å². The second-order valence-electron chi connectivity index (χ2n) is 4.17. The first kappa shape index (κ1) is 14.5. The summed E-state index contributed by atoms with van der Waals surface area (Å²) in [5.41, 5.74) is 0.912. The van der Waals surface area contributed by atoms with Crippen LogP contribution in [0.3, 0.4) is 0 Å². The second-order valence-corrected chi connectivity index (χ2v) is 4.17. The van der Waals surface area contributed by atoms with Crippen molar-refractivity contribution in [2.45, 2.75) is 13.0 Å². The Bertz CT molecular complexity index is 612. The van der Waals surface area contributed by atoms with E-state index in [0.717, 1.165) is 0 Å². The Morgan fingerprint density at radius 3 is 2.76 bits per heavy atom. The maximum atomic E-state index is 11.5. The summed E-state index contributed by atoms with van der Waals surface area (Å²) in [5, 5.41) is 17.8. The number of urea groups is 1. The number of nitrogens with one attached hydrogen (secondary N) is 2. The maximum Gasteiger partial charge on any atom is 0.335 e. The molecule has 0 bridgehead atoms. The molecule has 8 heteroatoms. The molecule has 0 saturated heterocycles. The first-order valence-corrected chi connectivity index (χ1v) is 6.25. The van der Waals surface area contributed by atoms with Crippen LogP contribution in [-0.4, -0.2) is 33.8 Å². The Labute approximate surface area is 120 Å². The van der Waals surface area contributed by atoms with Gasteiger partial charge in [0.25, 0.3) is 0 Å². The highest BCUT2D eigenvalue weighted by Crippen LogP contribution is 2.08. The predicted molar refractivity (Wildman–Crippen MR) is 71.6 cm³/mol. The SMILES string of the molecule is O=C(NCCc1ccccc1C(=O)O)NCc1ncon1. The normalized spacial score (nSPS) is 10.1. The van der Waals surface area contributed by atoms with Crippen LogP contribution in [0.1, 0.15) is 21.7 Å². The van der Waals surface area contributed by atoms with Gasteiger partial charge in [0.2, 0.25) is 6.39 Å². The van der Waals surface area contributed by atoms with Gasteiger partial charge in [-0.2, -0.15) is 4.98 Å². The molecule has 0 aliphatic carbocycles. The molecule has 0 saturated carbocycles. The molecular formula is C13H14N4O4. The molecule has 2 rings (SSSR count). The number of amides is 2. The largest absolute Gasteiger partial charge is 0.478 e. The molecule has 2 aromatic rings. The van der Waals surface area contributed by atoms with Crippen molar-refractivity contribution in [2.75, 3.05) is 6.54 Å². The molecule has 2 amide bonds. The van der Waals surface area contributed by atoms with Gasteiger partial charge >= 0.3 is 12.0 Å². The van der Waals surface area contributed by atoms with Gasteiger partial charge in [0.1, 0.15) is 0 Å². The average Bonchev–Trinajstić information content (AvgIpc) is 2.99. The fraction of sp³-hybridized carbons (Fsp3) is 0.231. The molecular weight excluding hydrogens is 276 g/mol. The van der Waals surface area contributed by atoms with Crippen LogP contribution in [0, 0.1) is 0 Å². The second kappa shape index (κ2) is 7.04. The minimum atomic E-state index is -0.979. The van der Waals surface area contributed by atoms with Crippen LogP contribution in [0.4, 0.5) is 4.79 Å². The van der Waals surface area contributed by atoms with Gasteiger partial charge in [0.15, 0.2) is 5.82 Å². The fourth-order valence-electron chi connectivity index (χ4n) is 1.75. The molecule has 0 unspecified atom stereocenters. The molecule has 1 aromatic carbocycles. The van der Waals surface area contributed by atoms with Gasteiger partial charge in [-0.25, -0.2) is 9.59 Å². The number of rotatable bonds is 6. The Morgan fingerprint density at radius 1 is 1.24 bits per heavy atom. The number of hydrogen-bond donors (Lipinski definition) is 3. The third-order valence-corrected chi connectivity index (χ3v) is 2.74. The lowest BCUT2D eigenvalue weighted by Crippen LogP contribution is -2.36. The van der Waals surface area contributed by atoms with Crippen molar-refractivity contribution in [1.29, 1.82) is 0 Å². The van der Waals surface area contributed by atoms with Crippen molar-refractivity contribution in [3.05, 3.63) is 47.6 Å². The third-order valence-electron chi connectivity index (χ3n) is 2.74. The zero-order chi connectivity index (χ0) is 15.1. The summed E-state index contributed by atoms with van der Waals surface area (Å²) in [6.07, 6.45) is 1.61. The summed E-state index contributed by atoms with van der Waals surface area (Å²) in [6, 6.07) is 6.31. The van der Waals surface area contributed by atoms with Gasteiger partial charge in [-0.3, -0.25) is 0 Å². The Morgan fingerprint density at radius 2 is 2.05 bits per heavy atom. The van der Waals surface area contributed by atoms with Gasteiger partial charge in [0, 0.05) is 6.54 Å². The van der Waals surface area contributed by atoms with Crippen LogP contribution in [0.2, 0.25) is 0 Å². The van der Waals surface area contributed by atoms with E-state index in [0.29, 0.717) is 24.4 Å². The Kier molecular flexibility index (Phi) is 4.86. The fourth-order valence-corrected chi connectivity index (χ4v) is 1.75. The summed E-state index contributed by atoms with van der Waals surface area (Å²) in [4.78, 5) is 26.3. The summed E-state index contributed by atoms with van der Waals surface area (Å²) >= 11 is 0. The molecule has 8 nitrogen and oxygen atoms in total. The number of aromatic carboxylic acids is 1. The number of hydrogen-bond acceptors (Lipinski definition) is 5. The molecule has 3 N–H and O–H groups in total. The van der Waals surface area contributed by atoms with E-state index in [4.69, 9.17) is 5.11 Å². The molecule has 0 atom stereocenters. The van der Waals surface area contributed by atoms with Gasteiger partial charge in [-0.1, -0.05) is 23.4 Å². The number of carboxylic acid groups (broad SMARTS) is 1. The number of carboxylic acids is 1. The van der Waals surface area contributed by atoms with Gasteiger partial charge in [0.05, 0.1) is 12.1 Å². The van der Waals surface area contributed by atoms with E-state index in [9.17, 15) is 9.59 Å². The van der Waals surface area contributed by atoms with Gasteiger partial charge in [-0.05, 0) is 18.1 Å². The Balaban J connectivity index is 1.76. The lowest BCUT2D eigenvalue weighted by Gasteiger charge is -2.08. The monoisotopic (exact) mass is 290 g/mol. The highest BCUT2D eigenvalue weighted by Gasteiger charge is 2.09. The van der Waals surface area contributed by atoms with E-state index in [1.54, 1.807) is 18.2 Å². The minimum Gasteiger partial charge on any atom is -0.478 e. The topological polar surface area (TPSA) is 117 Å². The summed E-state index contributed by atoms with van der Waals surface area (Å²) in [6.45, 7) is 0.483. The molecule has 110 valence electrons. The van der Waals surface area contributed by atoms with E-state index in [2.05, 4.69) is 25.3 Å². The first-order chi connectivity index (χ1) is 10.2. The molecule has 0 aliphatic rings. The first-order valence-electron chi connectivity index (χ1n) is 6.25. The number of benzene rings is 1. The molecule has 0 spiro atoms. The van der Waals surface area contributed by atoms with E-state index in [1.165, 1.54) is 12.5 Å². The molecule has 0 fully saturated rings. The predicted octanol–water partition coefficient (Wildman–Crippen LogP) is 0.810. The van der Waals surface area contributed by atoms with E-state index < -0.39 is 5.97 Å². The quantitative estimate of drug-likeness (QED) is 0.724. The number of carbonyl (C=O) groups is 2. The molecule has 0 aliphatic heterocycles. The standard InChI is InChI=1S/C13H14N4O4/c18-12(19)10-4-2-1-3-9(10)5-6-14-13(20)15-7-11-16-8-21-17-11/h1-4,8H,5-7H2,(H,18,19)(H2,14,15,20). The summed E-state index contributed by atoms with van der Waals surface area (Å²) in [7, 11) is 0. The lowest BCUT2D eigenvalue weighted by atomic mass is 10.0. The van der Waals surface area contributed by atoms with Crippen LogP contribution >= 0.6 is 0 Å². The van der Waals surface area contributed by atoms with Crippen molar-refractivity contribution in [2.24, 2.45) is 0 Å². The minimum absolute atomic E-state index is 0.161. The van der Waals surface area contributed by atoms with Crippen molar-refractivity contribution in [3.8, 4) is 0 Å². The zero-order valence-electron chi connectivity index (χ0n) is 11.1. The summed E-state index contributed by atoms with van der Waals surface area (Å²) in [5.74, 6) is -0.603. The zero-order valence-corrected chi connectivity index (χ0v) is 11.1. The number of aromatic nitrogens is 2. The van der Waals surface area contributed by atoms with Crippen LogP contribution in [0.15, 0.2) is 35.2 Å². The number of nitrogens with zero attached hydrogens (tertiary/aromatic N) is 2. The third kappa shape index (κ3) is 4.30. The van der Waals surface area contributed by atoms with Crippen LogP contribution < -0.4 is 10.6 Å². The van der Waals surface area contributed by atoms with E-state index in [-0.39, 0.29) is 18.1 Å². The van der Waals surface area contributed by atoms with Crippen molar-refractivity contribution < 1.29 is 19.2 Å². The van der Waals surface area contributed by atoms with Crippen LogP contribution in [0.25, 0.3) is 0 Å².